The number of benzene rings is 1. The van der Waals surface area contributed by atoms with E-state index in [1.807, 2.05) is 30.3 Å². The van der Waals surface area contributed by atoms with Crippen LogP contribution in [0, 0.1) is 0 Å². The molecule has 0 spiro atoms. The van der Waals surface area contributed by atoms with Gasteiger partial charge in [0.2, 0.25) is 5.91 Å². The molecule has 1 heterocycles. The number of rotatable bonds is 46. The number of hydrogen-bond acceptors (Lipinski definition) is 9. The van der Waals surface area contributed by atoms with Gasteiger partial charge in [-0.1, -0.05) is 262 Å². The van der Waals surface area contributed by atoms with Crippen LogP contribution in [0.2, 0.25) is 0 Å². The Balaban J connectivity index is 1.71. The molecular weight excluding hydrogens is 857 g/mol. The summed E-state index contributed by atoms with van der Waals surface area (Å²) in [5.41, 5.74) is 0.824. The number of carbonyl (C=O) groups excluding carboxylic acids is 2. The van der Waals surface area contributed by atoms with Crippen molar-refractivity contribution in [3.05, 3.63) is 35.9 Å². The predicted molar refractivity (Wildman–Crippen MR) is 277 cm³/mol. The molecule has 8 atom stereocenters. The summed E-state index contributed by atoms with van der Waals surface area (Å²) in [6, 6.07) is 8.14. The molecule has 396 valence electrons. The molecule has 0 saturated carbocycles. The third-order valence-electron chi connectivity index (χ3n) is 14.1. The van der Waals surface area contributed by atoms with E-state index in [1.165, 1.54) is 173 Å². The average molecular weight is 961 g/mol. The number of amides is 2. The zero-order chi connectivity index (χ0) is 49.3. The minimum absolute atomic E-state index is 0.160. The van der Waals surface area contributed by atoms with Crippen molar-refractivity contribution in [1.29, 1.82) is 0 Å². The van der Waals surface area contributed by atoms with Crippen molar-refractivity contribution in [2.75, 3.05) is 6.61 Å². The first kappa shape index (κ1) is 62.0. The molecular formula is C57H104N2O9. The number of carbonyl (C=O) groups is 2. The zero-order valence-electron chi connectivity index (χ0n) is 43.5. The first-order valence-electron chi connectivity index (χ1n) is 28.5. The van der Waals surface area contributed by atoms with Gasteiger partial charge in [-0.3, -0.25) is 9.59 Å². The lowest BCUT2D eigenvalue weighted by Crippen LogP contribution is -2.62. The number of aliphatic hydroxyl groups is 5. The third-order valence-corrected chi connectivity index (χ3v) is 14.1. The van der Waals surface area contributed by atoms with Gasteiger partial charge in [-0.25, -0.2) is 0 Å². The van der Waals surface area contributed by atoms with Gasteiger partial charge in [0.15, 0.2) is 12.4 Å². The Hall–Kier alpha value is -2.12. The maximum absolute atomic E-state index is 13.2. The maximum atomic E-state index is 13.2. The number of unbranched alkanes of at least 4 members (excludes halogenated alkanes) is 33. The van der Waals surface area contributed by atoms with Crippen molar-refractivity contribution in [1.82, 2.24) is 10.6 Å². The Kier molecular flexibility index (Phi) is 38.8. The van der Waals surface area contributed by atoms with E-state index in [1.54, 1.807) is 0 Å². The lowest BCUT2D eigenvalue weighted by atomic mass is 9.97. The van der Waals surface area contributed by atoms with Crippen molar-refractivity contribution in [2.45, 2.75) is 307 Å². The topological polar surface area (TPSA) is 178 Å². The lowest BCUT2D eigenvalue weighted by molar-refractivity contribution is -0.293. The van der Waals surface area contributed by atoms with Gasteiger partial charge in [-0.15, -0.1) is 0 Å². The summed E-state index contributed by atoms with van der Waals surface area (Å²) in [6.07, 6.45) is 33.9. The molecule has 68 heavy (non-hydrogen) atoms. The van der Waals surface area contributed by atoms with E-state index in [4.69, 9.17) is 9.47 Å². The van der Waals surface area contributed by atoms with Gasteiger partial charge in [-0.2, -0.15) is 0 Å². The molecule has 11 nitrogen and oxygen atoms in total. The van der Waals surface area contributed by atoms with Gasteiger partial charge < -0.3 is 45.6 Å². The van der Waals surface area contributed by atoms with Gasteiger partial charge in [0.1, 0.15) is 24.4 Å². The minimum Gasteiger partial charge on any atom is -0.390 e. The molecule has 0 bridgehead atoms. The first-order valence-corrected chi connectivity index (χ1v) is 28.5. The second kappa shape index (κ2) is 42.6. The molecule has 1 aliphatic rings. The largest absolute Gasteiger partial charge is 0.390 e. The van der Waals surface area contributed by atoms with Gasteiger partial charge >= 0.3 is 0 Å². The molecule has 1 aromatic rings. The van der Waals surface area contributed by atoms with Crippen LogP contribution in [-0.2, 0) is 25.6 Å². The van der Waals surface area contributed by atoms with E-state index in [9.17, 15) is 35.1 Å². The molecule has 2 amide bonds. The van der Waals surface area contributed by atoms with Crippen LogP contribution < -0.4 is 10.6 Å². The summed E-state index contributed by atoms with van der Waals surface area (Å²) in [5.74, 6) is -0.975. The van der Waals surface area contributed by atoms with Crippen LogP contribution in [0.15, 0.2) is 30.3 Å². The third kappa shape index (κ3) is 30.6. The highest BCUT2D eigenvalue weighted by Crippen LogP contribution is 2.24. The molecule has 11 heteroatoms. The van der Waals surface area contributed by atoms with Crippen LogP contribution in [0.25, 0.3) is 0 Å². The van der Waals surface area contributed by atoms with Crippen LogP contribution in [0.1, 0.15) is 257 Å². The Bertz CT molecular complexity index is 1310. The molecule has 1 aromatic carbocycles. The fourth-order valence-electron chi connectivity index (χ4n) is 9.50. The van der Waals surface area contributed by atoms with Crippen LogP contribution in [0.4, 0.5) is 0 Å². The fraction of sp³-hybridized carbons (Fsp3) is 0.860. The number of aliphatic hydroxyl groups excluding tert-OH is 5. The highest BCUT2D eigenvalue weighted by molar-refractivity contribution is 5.81. The standard InChI is InChI=1S/C57H104N2O9/c1-3-5-7-9-11-13-15-17-18-19-20-21-22-23-24-25-26-27-29-31-33-35-40-44-50(61)59-48(51(62)49(60)43-39-34-32-30-28-16-14-12-10-8-6-4-2)46-67-57-54(65)52(63)53(64)55(68-57)56(66)58-45-47-41-37-36-38-42-47/h36-38,41-42,48-49,51-55,57,60,62-65H,3-35,39-40,43-46H2,1-2H3,(H,58,66)(H,59,61)/t48-,49+,51-,52-,53+,54+,55-,57-/m0/s1. The maximum Gasteiger partial charge on any atom is 0.252 e. The SMILES string of the molecule is CCCCCCCCCCCCCCCCCCCCCCCCCC(=O)N[C@@H](CO[C@H]1O[C@H](C(=O)NCc2ccccc2)[C@H](O)[C@H](O)[C@H]1O)[C@H](O)[C@H](O)CCCCCCCCCCCCCC. The van der Waals surface area contributed by atoms with Gasteiger partial charge in [-0.05, 0) is 18.4 Å². The highest BCUT2D eigenvalue weighted by atomic mass is 16.7. The number of ether oxygens (including phenoxy) is 2. The molecule has 0 aliphatic carbocycles. The molecule has 0 unspecified atom stereocenters. The van der Waals surface area contributed by atoms with Crippen LogP contribution in [0.5, 0.6) is 0 Å². The van der Waals surface area contributed by atoms with Crippen molar-refractivity contribution in [3.8, 4) is 0 Å². The second-order valence-electron chi connectivity index (χ2n) is 20.4. The average Bonchev–Trinajstić information content (AvgIpc) is 3.34. The summed E-state index contributed by atoms with van der Waals surface area (Å²) in [7, 11) is 0. The van der Waals surface area contributed by atoms with E-state index in [0.717, 1.165) is 50.5 Å². The Labute approximate surface area is 415 Å². The highest BCUT2D eigenvalue weighted by Gasteiger charge is 2.47. The van der Waals surface area contributed by atoms with Crippen molar-refractivity contribution < 1.29 is 44.6 Å². The van der Waals surface area contributed by atoms with Crippen LogP contribution >= 0.6 is 0 Å². The first-order chi connectivity index (χ1) is 33.2. The predicted octanol–water partition coefficient (Wildman–Crippen LogP) is 11.8. The van der Waals surface area contributed by atoms with Gasteiger partial charge in [0.05, 0.1) is 18.8 Å². The van der Waals surface area contributed by atoms with E-state index in [0.29, 0.717) is 12.8 Å². The van der Waals surface area contributed by atoms with Crippen molar-refractivity contribution in [3.63, 3.8) is 0 Å². The van der Waals surface area contributed by atoms with E-state index in [-0.39, 0.29) is 25.5 Å². The Morgan fingerprint density at radius 2 is 0.941 bits per heavy atom. The van der Waals surface area contributed by atoms with Crippen molar-refractivity contribution >= 4 is 11.8 Å². The summed E-state index contributed by atoms with van der Waals surface area (Å²) < 4.78 is 11.6. The summed E-state index contributed by atoms with van der Waals surface area (Å²) in [4.78, 5) is 26.3. The summed E-state index contributed by atoms with van der Waals surface area (Å²) in [6.45, 7) is 4.31. The lowest BCUT2D eigenvalue weighted by Gasteiger charge is -2.40. The molecule has 1 aliphatic heterocycles. The zero-order valence-corrected chi connectivity index (χ0v) is 43.5. The molecule has 7 N–H and O–H groups in total. The van der Waals surface area contributed by atoms with E-state index >= 15 is 0 Å². The molecule has 0 aromatic heterocycles. The smallest absolute Gasteiger partial charge is 0.252 e. The Morgan fingerprint density at radius 1 is 0.544 bits per heavy atom. The van der Waals surface area contributed by atoms with E-state index < -0.39 is 54.9 Å². The van der Waals surface area contributed by atoms with Crippen LogP contribution in [-0.4, -0.2) is 92.9 Å². The number of hydrogen-bond donors (Lipinski definition) is 7. The normalized spacial score (nSPS) is 19.7. The monoisotopic (exact) mass is 961 g/mol. The molecule has 1 saturated heterocycles. The molecule has 1 fully saturated rings. The second-order valence-corrected chi connectivity index (χ2v) is 20.4. The molecule has 2 rings (SSSR count). The van der Waals surface area contributed by atoms with Gasteiger partial charge in [0.25, 0.3) is 5.91 Å². The van der Waals surface area contributed by atoms with Crippen molar-refractivity contribution in [2.24, 2.45) is 0 Å². The van der Waals surface area contributed by atoms with Gasteiger partial charge in [0, 0.05) is 13.0 Å². The summed E-state index contributed by atoms with van der Waals surface area (Å²) in [5, 5.41) is 60.1. The molecule has 0 radical (unpaired) electrons. The fourth-order valence-corrected chi connectivity index (χ4v) is 9.50. The van der Waals surface area contributed by atoms with E-state index in [2.05, 4.69) is 24.5 Å². The van der Waals surface area contributed by atoms with Crippen LogP contribution in [0.3, 0.4) is 0 Å². The summed E-state index contributed by atoms with van der Waals surface area (Å²) >= 11 is 0. The minimum atomic E-state index is -1.76. The Morgan fingerprint density at radius 3 is 1.37 bits per heavy atom. The quantitative estimate of drug-likeness (QED) is 0.0313. The number of nitrogens with one attached hydrogen (secondary N) is 2.